The van der Waals surface area contributed by atoms with Crippen molar-refractivity contribution in [3.05, 3.63) is 30.1 Å². The van der Waals surface area contributed by atoms with Gasteiger partial charge in [0, 0.05) is 6.20 Å². The van der Waals surface area contributed by atoms with Gasteiger partial charge in [0.15, 0.2) is 5.79 Å². The summed E-state index contributed by atoms with van der Waals surface area (Å²) in [6.07, 6.45) is 3.26. The van der Waals surface area contributed by atoms with E-state index in [-0.39, 0.29) is 12.3 Å². The fourth-order valence-electron chi connectivity index (χ4n) is 1.61. The third-order valence-electron chi connectivity index (χ3n) is 2.45. The molecule has 1 saturated heterocycles. The van der Waals surface area contributed by atoms with Crippen LogP contribution in [0.5, 0.6) is 0 Å². The summed E-state index contributed by atoms with van der Waals surface area (Å²) in [7, 11) is 0. The van der Waals surface area contributed by atoms with E-state index in [1.54, 1.807) is 19.2 Å². The molecule has 1 aromatic rings. The molecule has 0 unspecified atom stereocenters. The lowest BCUT2D eigenvalue weighted by molar-refractivity contribution is -0.159. The second kappa shape index (κ2) is 5.70. The second-order valence-corrected chi connectivity index (χ2v) is 4.06. The fourth-order valence-corrected chi connectivity index (χ4v) is 1.61. The van der Waals surface area contributed by atoms with Gasteiger partial charge < -0.3 is 9.47 Å². The van der Waals surface area contributed by atoms with Crippen LogP contribution in [0.3, 0.4) is 0 Å². The number of hydrazone groups is 1. The van der Waals surface area contributed by atoms with Crippen molar-refractivity contribution >= 4 is 12.1 Å². The lowest BCUT2D eigenvalue weighted by Gasteiger charge is -2.20. The van der Waals surface area contributed by atoms with E-state index in [0.29, 0.717) is 18.9 Å². The van der Waals surface area contributed by atoms with E-state index in [4.69, 9.17) is 9.47 Å². The van der Waals surface area contributed by atoms with E-state index in [1.165, 1.54) is 6.21 Å². The van der Waals surface area contributed by atoms with Crippen molar-refractivity contribution in [3.8, 4) is 0 Å². The van der Waals surface area contributed by atoms with Crippen LogP contribution in [0, 0.1) is 0 Å². The molecule has 0 spiro atoms. The van der Waals surface area contributed by atoms with Crippen LogP contribution in [0.15, 0.2) is 29.5 Å². The number of carbonyl (C=O) groups is 1. The number of ether oxygens (including phenoxy) is 2. The topological polar surface area (TPSA) is 72.8 Å². The minimum absolute atomic E-state index is 0.118. The first kappa shape index (κ1) is 12.7. The molecule has 0 radical (unpaired) electrons. The van der Waals surface area contributed by atoms with E-state index >= 15 is 0 Å². The summed E-state index contributed by atoms with van der Waals surface area (Å²) in [5.41, 5.74) is 3.09. The molecule has 1 amide bonds. The summed E-state index contributed by atoms with van der Waals surface area (Å²) < 4.78 is 10.7. The van der Waals surface area contributed by atoms with Gasteiger partial charge >= 0.3 is 0 Å². The van der Waals surface area contributed by atoms with Gasteiger partial charge in [0.2, 0.25) is 5.91 Å². The Kier molecular flexibility index (Phi) is 4.01. The zero-order chi connectivity index (χ0) is 12.8. The SMILES string of the molecule is CC1(CC(=O)N/N=C\c2ccccn2)OCCO1. The van der Waals surface area contributed by atoms with Gasteiger partial charge in [-0.25, -0.2) is 5.43 Å². The van der Waals surface area contributed by atoms with Crippen LogP contribution in [0.1, 0.15) is 19.0 Å². The maximum absolute atomic E-state index is 11.6. The minimum atomic E-state index is -0.829. The molecule has 6 heteroatoms. The van der Waals surface area contributed by atoms with Crippen LogP contribution in [0.25, 0.3) is 0 Å². The first-order valence-corrected chi connectivity index (χ1v) is 5.69. The predicted molar refractivity (Wildman–Crippen MR) is 64.9 cm³/mol. The number of hydrogen-bond donors (Lipinski definition) is 1. The number of rotatable bonds is 4. The average molecular weight is 249 g/mol. The highest BCUT2D eigenvalue weighted by Gasteiger charge is 2.33. The molecule has 1 aliphatic rings. The monoisotopic (exact) mass is 249 g/mol. The molecule has 6 nitrogen and oxygen atoms in total. The minimum Gasteiger partial charge on any atom is -0.347 e. The molecule has 0 bridgehead atoms. The standard InChI is InChI=1S/C12H15N3O3/c1-12(17-6-7-18-12)8-11(16)15-14-9-10-4-2-3-5-13-10/h2-5,9H,6-8H2,1H3,(H,15,16)/b14-9-. The zero-order valence-electron chi connectivity index (χ0n) is 10.1. The molecule has 1 fully saturated rings. The van der Waals surface area contributed by atoms with Crippen molar-refractivity contribution in [2.24, 2.45) is 5.10 Å². The summed E-state index contributed by atoms with van der Waals surface area (Å²) in [6, 6.07) is 5.45. The molecule has 1 aliphatic heterocycles. The number of carbonyl (C=O) groups excluding carboxylic acids is 1. The third-order valence-corrected chi connectivity index (χ3v) is 2.45. The molecule has 2 heterocycles. The van der Waals surface area contributed by atoms with Crippen LogP contribution in [-0.2, 0) is 14.3 Å². The highest BCUT2D eigenvalue weighted by atomic mass is 16.7. The molecule has 0 aromatic carbocycles. The van der Waals surface area contributed by atoms with E-state index in [1.807, 2.05) is 12.1 Å². The largest absolute Gasteiger partial charge is 0.347 e. The van der Waals surface area contributed by atoms with Crippen LogP contribution in [-0.4, -0.2) is 36.1 Å². The maximum Gasteiger partial charge on any atom is 0.245 e. The van der Waals surface area contributed by atoms with E-state index in [0.717, 1.165) is 0 Å². The average Bonchev–Trinajstić information content (AvgIpc) is 2.77. The Hall–Kier alpha value is -1.79. The summed E-state index contributed by atoms with van der Waals surface area (Å²) >= 11 is 0. The lowest BCUT2D eigenvalue weighted by atomic mass is 10.2. The van der Waals surface area contributed by atoms with Gasteiger partial charge in [-0.1, -0.05) is 6.07 Å². The van der Waals surface area contributed by atoms with Crippen LogP contribution < -0.4 is 5.43 Å². The molecule has 0 saturated carbocycles. The summed E-state index contributed by atoms with van der Waals surface area (Å²) in [4.78, 5) is 15.6. The molecule has 0 aliphatic carbocycles. The van der Waals surface area contributed by atoms with Gasteiger partial charge in [-0.2, -0.15) is 5.10 Å². The van der Waals surface area contributed by atoms with Gasteiger partial charge in [0.25, 0.3) is 0 Å². The quantitative estimate of drug-likeness (QED) is 0.629. The molecule has 1 aromatic heterocycles. The number of aromatic nitrogens is 1. The number of nitrogens with one attached hydrogen (secondary N) is 1. The van der Waals surface area contributed by atoms with Crippen molar-refractivity contribution in [2.45, 2.75) is 19.1 Å². The van der Waals surface area contributed by atoms with Crippen molar-refractivity contribution in [3.63, 3.8) is 0 Å². The lowest BCUT2D eigenvalue weighted by Crippen LogP contribution is -2.33. The Morgan fingerprint density at radius 2 is 2.33 bits per heavy atom. The Morgan fingerprint density at radius 1 is 1.56 bits per heavy atom. The van der Waals surface area contributed by atoms with E-state index < -0.39 is 5.79 Å². The number of hydrogen-bond acceptors (Lipinski definition) is 5. The Labute approximate surface area is 105 Å². The third kappa shape index (κ3) is 3.61. The first-order valence-electron chi connectivity index (χ1n) is 5.69. The number of pyridine rings is 1. The molecular formula is C12H15N3O3. The Balaban J connectivity index is 1.80. The smallest absolute Gasteiger partial charge is 0.245 e. The predicted octanol–water partition coefficient (Wildman–Crippen LogP) is 0.685. The molecule has 2 rings (SSSR count). The van der Waals surface area contributed by atoms with Crippen LogP contribution in [0.4, 0.5) is 0 Å². The first-order chi connectivity index (χ1) is 8.68. The maximum atomic E-state index is 11.6. The summed E-state index contributed by atoms with van der Waals surface area (Å²) in [6.45, 7) is 2.77. The Morgan fingerprint density at radius 3 is 3.00 bits per heavy atom. The van der Waals surface area contributed by atoms with Gasteiger partial charge in [0.1, 0.15) is 0 Å². The van der Waals surface area contributed by atoms with Gasteiger partial charge in [0.05, 0.1) is 31.5 Å². The molecule has 1 N–H and O–H groups in total. The van der Waals surface area contributed by atoms with Gasteiger partial charge in [-0.15, -0.1) is 0 Å². The van der Waals surface area contributed by atoms with Gasteiger partial charge in [-0.05, 0) is 19.1 Å². The summed E-state index contributed by atoms with van der Waals surface area (Å²) in [5.74, 6) is -1.09. The molecule has 18 heavy (non-hydrogen) atoms. The molecule has 96 valence electrons. The summed E-state index contributed by atoms with van der Waals surface area (Å²) in [5, 5.41) is 3.82. The van der Waals surface area contributed by atoms with E-state index in [2.05, 4.69) is 15.5 Å². The van der Waals surface area contributed by atoms with Crippen LogP contribution >= 0.6 is 0 Å². The number of amides is 1. The van der Waals surface area contributed by atoms with Crippen molar-refractivity contribution in [1.82, 2.24) is 10.4 Å². The van der Waals surface area contributed by atoms with Crippen molar-refractivity contribution in [1.29, 1.82) is 0 Å². The fraction of sp³-hybridized carbons (Fsp3) is 0.417. The Bertz CT molecular complexity index is 427. The van der Waals surface area contributed by atoms with Gasteiger partial charge in [-0.3, -0.25) is 9.78 Å². The second-order valence-electron chi connectivity index (χ2n) is 4.06. The van der Waals surface area contributed by atoms with Crippen molar-refractivity contribution in [2.75, 3.05) is 13.2 Å². The highest BCUT2D eigenvalue weighted by molar-refractivity contribution is 5.81. The number of nitrogens with zero attached hydrogens (tertiary/aromatic N) is 2. The molecular weight excluding hydrogens is 234 g/mol. The van der Waals surface area contributed by atoms with E-state index in [9.17, 15) is 4.79 Å². The van der Waals surface area contributed by atoms with Crippen LogP contribution in [0.2, 0.25) is 0 Å². The normalized spacial score (nSPS) is 18.1. The zero-order valence-corrected chi connectivity index (χ0v) is 10.1. The molecule has 0 atom stereocenters. The highest BCUT2D eigenvalue weighted by Crippen LogP contribution is 2.21. The van der Waals surface area contributed by atoms with Crippen molar-refractivity contribution < 1.29 is 14.3 Å².